The predicted molar refractivity (Wildman–Crippen MR) is 257 cm³/mol. The number of hydrogen-bond acceptors (Lipinski definition) is 12. The molecule has 1 unspecified atom stereocenters. The van der Waals surface area contributed by atoms with Gasteiger partial charge in [0.25, 0.3) is 0 Å². The SMILES string of the molecule is CCCCC/C=C\C\C=C/C=C/C=C/[C@@H](SC[C@H](N)C(=O)OC[C@H](COP(=O)(O)OCCN)OC(=O)CCCCCCCCCCCCCCCCCCC)[C@@H](O)CCCC(=O)O. The number of rotatable bonds is 45. The first-order valence-corrected chi connectivity index (χ1v) is 26.6. The Bertz CT molecular complexity index is 1300. The third-order valence-electron chi connectivity index (χ3n) is 10.2. The standard InChI is InChI=1S/C48H87N2O11PS/c1-3-5-7-9-11-13-15-17-18-19-20-21-23-25-27-29-31-36-47(54)61-42(40-60-62(56,57)59-38-37-49)39-58-48(55)43(50)41-63-45(44(51)33-32-35-46(52)53)34-30-28-26-24-22-16-14-12-10-8-6-4-2/h12,14,22,24,26,28,30,34,42-45,51H,3-11,13,15-21,23,25,27,29,31-33,35-41,49-50H2,1-2H3,(H,52,53)(H,56,57)/b14-12-,24-22-,28-26+,34-30+/t42-,43+,44+,45-/m1/s1. The lowest BCUT2D eigenvalue weighted by atomic mass is 10.0. The van der Waals surface area contributed by atoms with E-state index >= 15 is 0 Å². The van der Waals surface area contributed by atoms with Crippen molar-refractivity contribution in [3.8, 4) is 0 Å². The first kappa shape index (κ1) is 60.7. The molecule has 13 nitrogen and oxygen atoms in total. The van der Waals surface area contributed by atoms with E-state index in [-0.39, 0.29) is 44.6 Å². The van der Waals surface area contributed by atoms with E-state index in [0.717, 1.165) is 32.1 Å². The van der Waals surface area contributed by atoms with Gasteiger partial charge in [-0.15, -0.1) is 11.8 Å². The maximum atomic E-state index is 13.0. The topological polar surface area (TPSA) is 218 Å². The lowest BCUT2D eigenvalue weighted by Crippen LogP contribution is -2.38. The van der Waals surface area contributed by atoms with Crippen LogP contribution in [0, 0.1) is 0 Å². The number of esters is 2. The molecule has 0 heterocycles. The molecule has 366 valence electrons. The van der Waals surface area contributed by atoms with Crippen LogP contribution in [0.5, 0.6) is 0 Å². The van der Waals surface area contributed by atoms with E-state index < -0.39 is 62.4 Å². The zero-order chi connectivity index (χ0) is 46.7. The molecule has 0 aliphatic carbocycles. The Balaban J connectivity index is 4.95. The molecule has 7 N–H and O–H groups in total. The number of unbranched alkanes of at least 4 members (excludes halogenated alkanes) is 19. The quantitative estimate of drug-likeness (QED) is 0.0126. The Morgan fingerprint density at radius 1 is 0.698 bits per heavy atom. The number of nitrogens with two attached hydrogens (primary N) is 2. The Morgan fingerprint density at radius 2 is 1.27 bits per heavy atom. The van der Waals surface area contributed by atoms with Gasteiger partial charge in [0.05, 0.1) is 19.3 Å². The minimum Gasteiger partial charge on any atom is -0.481 e. The van der Waals surface area contributed by atoms with Gasteiger partial charge in [0.2, 0.25) is 0 Å². The molecular weight excluding hydrogens is 844 g/mol. The van der Waals surface area contributed by atoms with E-state index in [1.165, 1.54) is 114 Å². The number of phosphoric acid groups is 1. The maximum Gasteiger partial charge on any atom is 0.472 e. The van der Waals surface area contributed by atoms with Crippen LogP contribution in [0.2, 0.25) is 0 Å². The highest BCUT2D eigenvalue weighted by Crippen LogP contribution is 2.43. The summed E-state index contributed by atoms with van der Waals surface area (Å²) in [6, 6.07) is -1.13. The normalized spacial score (nSPS) is 15.0. The summed E-state index contributed by atoms with van der Waals surface area (Å²) in [5.41, 5.74) is 11.5. The molecule has 0 fully saturated rings. The first-order chi connectivity index (χ1) is 30.4. The fourth-order valence-corrected chi connectivity index (χ4v) is 8.38. The smallest absolute Gasteiger partial charge is 0.472 e. The van der Waals surface area contributed by atoms with E-state index in [2.05, 4.69) is 26.0 Å². The number of hydrogen-bond donors (Lipinski definition) is 5. The van der Waals surface area contributed by atoms with Crippen molar-refractivity contribution < 1.29 is 52.6 Å². The minimum absolute atomic E-state index is 0.0133. The van der Waals surface area contributed by atoms with Crippen LogP contribution in [0.4, 0.5) is 0 Å². The number of carboxylic acid groups (broad SMARTS) is 1. The van der Waals surface area contributed by atoms with Crippen LogP contribution in [-0.4, -0.2) is 88.6 Å². The molecule has 63 heavy (non-hydrogen) atoms. The molecule has 0 saturated heterocycles. The van der Waals surface area contributed by atoms with Crippen LogP contribution in [0.15, 0.2) is 48.6 Å². The van der Waals surface area contributed by atoms with E-state index in [1.807, 2.05) is 24.3 Å². The molecule has 0 radical (unpaired) electrons. The summed E-state index contributed by atoms with van der Waals surface area (Å²) in [6.45, 7) is 3.14. The van der Waals surface area contributed by atoms with Crippen molar-refractivity contribution in [2.45, 2.75) is 204 Å². The third kappa shape index (κ3) is 40.9. The average Bonchev–Trinajstić information content (AvgIpc) is 3.25. The highest BCUT2D eigenvalue weighted by Gasteiger charge is 2.27. The van der Waals surface area contributed by atoms with Gasteiger partial charge < -0.3 is 36.0 Å². The van der Waals surface area contributed by atoms with Gasteiger partial charge in [-0.3, -0.25) is 23.4 Å². The molecule has 5 atom stereocenters. The zero-order valence-electron chi connectivity index (χ0n) is 39.0. The van der Waals surface area contributed by atoms with Crippen molar-refractivity contribution in [1.29, 1.82) is 0 Å². The molecule has 0 aromatic rings. The van der Waals surface area contributed by atoms with Crippen LogP contribution in [0.1, 0.15) is 181 Å². The minimum atomic E-state index is -4.51. The molecule has 15 heteroatoms. The van der Waals surface area contributed by atoms with E-state index in [0.29, 0.717) is 6.42 Å². The zero-order valence-corrected chi connectivity index (χ0v) is 40.7. The van der Waals surface area contributed by atoms with E-state index in [4.69, 9.17) is 35.1 Å². The number of ether oxygens (including phenoxy) is 2. The van der Waals surface area contributed by atoms with Gasteiger partial charge >= 0.3 is 25.7 Å². The molecule has 0 rings (SSSR count). The second-order valence-corrected chi connectivity index (χ2v) is 18.9. The van der Waals surface area contributed by atoms with Crippen molar-refractivity contribution in [2.24, 2.45) is 11.5 Å². The highest BCUT2D eigenvalue weighted by molar-refractivity contribution is 8.00. The second kappa shape index (κ2) is 43.6. The number of carbonyl (C=O) groups is 3. The van der Waals surface area contributed by atoms with Gasteiger partial charge in [0, 0.05) is 30.4 Å². The van der Waals surface area contributed by atoms with Gasteiger partial charge in [-0.05, 0) is 38.5 Å². The lowest BCUT2D eigenvalue weighted by Gasteiger charge is -2.22. The molecule has 0 bridgehead atoms. The summed E-state index contributed by atoms with van der Waals surface area (Å²) in [5, 5.41) is 19.4. The number of thioether (sulfide) groups is 1. The molecular formula is C48H87N2O11PS. The van der Waals surface area contributed by atoms with Crippen molar-refractivity contribution in [1.82, 2.24) is 0 Å². The second-order valence-electron chi connectivity index (χ2n) is 16.2. The van der Waals surface area contributed by atoms with Crippen LogP contribution in [-0.2, 0) is 37.5 Å². The van der Waals surface area contributed by atoms with Crippen molar-refractivity contribution in [3.05, 3.63) is 48.6 Å². The number of carbonyl (C=O) groups excluding carboxylic acids is 2. The number of aliphatic hydroxyl groups is 1. The number of allylic oxidation sites excluding steroid dienone is 7. The molecule has 0 amide bonds. The molecule has 0 aliphatic heterocycles. The summed E-state index contributed by atoms with van der Waals surface area (Å²) >= 11 is 1.22. The molecule has 0 saturated carbocycles. The number of carboxylic acids is 1. The molecule has 0 aromatic carbocycles. The molecule has 0 aromatic heterocycles. The Hall–Kier alpha value is -2.29. The monoisotopic (exact) mass is 931 g/mol. The fraction of sp³-hybridized carbons (Fsp3) is 0.771. The Morgan fingerprint density at radius 3 is 1.86 bits per heavy atom. The summed E-state index contributed by atoms with van der Waals surface area (Å²) in [4.78, 5) is 46.8. The van der Waals surface area contributed by atoms with Gasteiger partial charge in [0.1, 0.15) is 12.6 Å². The number of aliphatic carboxylic acids is 1. The molecule has 0 spiro atoms. The van der Waals surface area contributed by atoms with E-state index in [9.17, 15) is 28.9 Å². The number of aliphatic hydroxyl groups excluding tert-OH is 1. The molecule has 0 aliphatic rings. The number of phosphoric ester groups is 1. The Kier molecular flexibility index (Phi) is 42.0. The van der Waals surface area contributed by atoms with Gasteiger partial charge in [-0.2, -0.15) is 0 Å². The summed E-state index contributed by atoms with van der Waals surface area (Å²) < 4.78 is 33.0. The lowest BCUT2D eigenvalue weighted by molar-refractivity contribution is -0.161. The van der Waals surface area contributed by atoms with Crippen molar-refractivity contribution >= 4 is 37.5 Å². The average molecular weight is 931 g/mol. The van der Waals surface area contributed by atoms with Crippen molar-refractivity contribution in [2.75, 3.05) is 32.1 Å². The first-order valence-electron chi connectivity index (χ1n) is 24.1. The predicted octanol–water partition coefficient (Wildman–Crippen LogP) is 10.8. The van der Waals surface area contributed by atoms with E-state index in [1.54, 1.807) is 12.2 Å². The maximum absolute atomic E-state index is 13.0. The van der Waals surface area contributed by atoms with Crippen LogP contribution >= 0.6 is 19.6 Å². The van der Waals surface area contributed by atoms with Gasteiger partial charge in [-0.25, -0.2) is 4.57 Å². The van der Waals surface area contributed by atoms with Crippen LogP contribution in [0.3, 0.4) is 0 Å². The van der Waals surface area contributed by atoms with Crippen LogP contribution < -0.4 is 11.5 Å². The fourth-order valence-electron chi connectivity index (χ4n) is 6.49. The Labute approximate surface area is 385 Å². The van der Waals surface area contributed by atoms with Crippen LogP contribution in [0.25, 0.3) is 0 Å². The van der Waals surface area contributed by atoms with Gasteiger partial charge in [0.15, 0.2) is 6.10 Å². The largest absolute Gasteiger partial charge is 0.481 e. The summed E-state index contributed by atoms with van der Waals surface area (Å²) in [5.74, 6) is -2.26. The summed E-state index contributed by atoms with van der Waals surface area (Å²) in [6.07, 6.45) is 40.3. The summed E-state index contributed by atoms with van der Waals surface area (Å²) in [7, 11) is -4.51. The van der Waals surface area contributed by atoms with Gasteiger partial charge in [-0.1, -0.05) is 178 Å². The van der Waals surface area contributed by atoms with Crippen molar-refractivity contribution in [3.63, 3.8) is 0 Å². The third-order valence-corrected chi connectivity index (χ3v) is 12.6. The highest BCUT2D eigenvalue weighted by atomic mass is 32.2.